The molecule has 4 nitrogen and oxygen atoms in total. The van der Waals surface area contributed by atoms with Crippen LogP contribution in [0.4, 0.5) is 4.79 Å². The molecule has 1 aromatic rings. The number of imide groups is 1. The van der Waals surface area contributed by atoms with Crippen LogP contribution < -0.4 is 0 Å². The highest BCUT2D eigenvalue weighted by Gasteiger charge is 2.29. The summed E-state index contributed by atoms with van der Waals surface area (Å²) in [6.45, 7) is 2.80. The van der Waals surface area contributed by atoms with E-state index in [1.807, 2.05) is 30.3 Å². The van der Waals surface area contributed by atoms with Gasteiger partial charge in [-0.3, -0.25) is 4.79 Å². The second kappa shape index (κ2) is 9.13. The summed E-state index contributed by atoms with van der Waals surface area (Å²) < 4.78 is 5.23. The van der Waals surface area contributed by atoms with Crippen LogP contribution in [-0.4, -0.2) is 23.4 Å². The molecular formula is C19H25NO3. The van der Waals surface area contributed by atoms with Crippen LogP contribution >= 0.6 is 0 Å². The molecule has 2 rings (SSSR count). The first kappa shape index (κ1) is 17.3. The number of likely N-dealkylation sites (tertiary alicyclic amines) is 1. The number of piperidine rings is 1. The lowest BCUT2D eigenvalue weighted by Gasteiger charge is -2.28. The Morgan fingerprint density at radius 3 is 2.83 bits per heavy atom. The van der Waals surface area contributed by atoms with E-state index in [2.05, 4.69) is 19.1 Å². The lowest BCUT2D eigenvalue weighted by molar-refractivity contribution is -0.132. The molecule has 1 saturated heterocycles. The van der Waals surface area contributed by atoms with Crippen molar-refractivity contribution in [1.82, 2.24) is 4.90 Å². The fourth-order valence-electron chi connectivity index (χ4n) is 2.62. The molecule has 1 fully saturated rings. The van der Waals surface area contributed by atoms with Crippen LogP contribution in [0.25, 0.3) is 0 Å². The summed E-state index contributed by atoms with van der Waals surface area (Å²) in [4.78, 5) is 25.4. The number of unbranched alkanes of at least 4 members (excludes halogenated alkanes) is 2. The highest BCUT2D eigenvalue weighted by atomic mass is 16.6. The fourth-order valence-corrected chi connectivity index (χ4v) is 2.62. The van der Waals surface area contributed by atoms with Gasteiger partial charge in [0.05, 0.1) is 0 Å². The molecule has 1 aromatic carbocycles. The Morgan fingerprint density at radius 1 is 1.35 bits per heavy atom. The van der Waals surface area contributed by atoms with E-state index < -0.39 is 6.09 Å². The van der Waals surface area contributed by atoms with Gasteiger partial charge < -0.3 is 4.74 Å². The zero-order chi connectivity index (χ0) is 16.5. The molecule has 0 unspecified atom stereocenters. The predicted octanol–water partition coefficient (Wildman–Crippen LogP) is 4.31. The van der Waals surface area contributed by atoms with E-state index in [-0.39, 0.29) is 18.4 Å². The molecule has 0 spiro atoms. The van der Waals surface area contributed by atoms with Crippen molar-refractivity contribution in [2.75, 3.05) is 6.54 Å². The maximum absolute atomic E-state index is 12.1. The summed E-state index contributed by atoms with van der Waals surface area (Å²) in [5, 5.41) is 0. The molecule has 0 radical (unpaired) electrons. The lowest BCUT2D eigenvalue weighted by Crippen LogP contribution is -2.42. The first-order valence-corrected chi connectivity index (χ1v) is 8.38. The van der Waals surface area contributed by atoms with Crippen molar-refractivity contribution in [2.45, 2.75) is 45.6 Å². The minimum Gasteiger partial charge on any atom is -0.444 e. The smallest absolute Gasteiger partial charge is 0.416 e. The number of ether oxygens (including phenoxy) is 1. The molecule has 1 heterocycles. The van der Waals surface area contributed by atoms with E-state index in [0.717, 1.165) is 18.4 Å². The third-order valence-corrected chi connectivity index (χ3v) is 4.02. The Bertz CT molecular complexity index is 539. The molecule has 1 aliphatic heterocycles. The standard InChI is InChI=1S/C19H25NO3/c1-2-3-4-6-9-16-12-13-20(18(21)14-16)19(22)23-15-17-10-7-5-8-11-17/h5-11,16H,2-4,12-15H2,1H3/b9-6+/t16-/m0/s1. The number of hydrogen-bond acceptors (Lipinski definition) is 3. The molecule has 0 bridgehead atoms. The zero-order valence-corrected chi connectivity index (χ0v) is 13.7. The molecule has 1 aliphatic rings. The van der Waals surface area contributed by atoms with Crippen molar-refractivity contribution in [2.24, 2.45) is 5.92 Å². The van der Waals surface area contributed by atoms with Crippen LogP contribution in [0.1, 0.15) is 44.6 Å². The third kappa shape index (κ3) is 5.55. The molecular weight excluding hydrogens is 290 g/mol. The Balaban J connectivity index is 1.77. The van der Waals surface area contributed by atoms with Crippen LogP contribution in [0.5, 0.6) is 0 Å². The zero-order valence-electron chi connectivity index (χ0n) is 13.7. The van der Waals surface area contributed by atoms with Gasteiger partial charge in [0, 0.05) is 13.0 Å². The van der Waals surface area contributed by atoms with E-state index in [4.69, 9.17) is 4.74 Å². The quantitative estimate of drug-likeness (QED) is 0.580. The molecule has 0 aromatic heterocycles. The largest absolute Gasteiger partial charge is 0.444 e. The fraction of sp³-hybridized carbons (Fsp3) is 0.474. The SMILES string of the molecule is CCCC/C=C/[C@H]1CCN(C(=O)OCc2ccccc2)C(=O)C1. The van der Waals surface area contributed by atoms with Crippen molar-refractivity contribution >= 4 is 12.0 Å². The number of allylic oxidation sites excluding steroid dienone is 2. The van der Waals surface area contributed by atoms with E-state index in [9.17, 15) is 9.59 Å². The number of carbonyl (C=O) groups excluding carboxylic acids is 2. The minimum atomic E-state index is -0.535. The predicted molar refractivity (Wildman–Crippen MR) is 89.7 cm³/mol. The highest BCUT2D eigenvalue weighted by molar-refractivity contribution is 5.92. The van der Waals surface area contributed by atoms with E-state index >= 15 is 0 Å². The van der Waals surface area contributed by atoms with Crippen LogP contribution in [0.2, 0.25) is 0 Å². The van der Waals surface area contributed by atoms with Crippen molar-refractivity contribution in [3.8, 4) is 0 Å². The first-order chi connectivity index (χ1) is 11.2. The average molecular weight is 315 g/mol. The van der Waals surface area contributed by atoms with Gasteiger partial charge in [0.2, 0.25) is 5.91 Å². The lowest BCUT2D eigenvalue weighted by atomic mass is 9.95. The van der Waals surface area contributed by atoms with Crippen LogP contribution in [0, 0.1) is 5.92 Å². The van der Waals surface area contributed by atoms with Crippen molar-refractivity contribution < 1.29 is 14.3 Å². The summed E-state index contributed by atoms with van der Waals surface area (Å²) in [6.07, 6.45) is 8.36. The summed E-state index contributed by atoms with van der Waals surface area (Å²) in [6, 6.07) is 9.48. The second-order valence-corrected chi connectivity index (χ2v) is 5.91. The molecule has 0 N–H and O–H groups in total. The van der Waals surface area contributed by atoms with E-state index in [1.54, 1.807) is 0 Å². The number of hydrogen-bond donors (Lipinski definition) is 0. The maximum Gasteiger partial charge on any atom is 0.416 e. The summed E-state index contributed by atoms with van der Waals surface area (Å²) >= 11 is 0. The Hall–Kier alpha value is -2.10. The Kier molecular flexibility index (Phi) is 6.85. The van der Waals surface area contributed by atoms with Crippen molar-refractivity contribution in [3.05, 3.63) is 48.0 Å². The van der Waals surface area contributed by atoms with Gasteiger partial charge in [-0.2, -0.15) is 0 Å². The average Bonchev–Trinajstić information content (AvgIpc) is 2.58. The molecule has 2 amide bonds. The number of benzene rings is 1. The number of amides is 2. The van der Waals surface area contributed by atoms with Gasteiger partial charge in [-0.25, -0.2) is 9.69 Å². The maximum atomic E-state index is 12.1. The van der Waals surface area contributed by atoms with Crippen LogP contribution in [0.15, 0.2) is 42.5 Å². The van der Waals surface area contributed by atoms with Gasteiger partial charge >= 0.3 is 6.09 Å². The van der Waals surface area contributed by atoms with Gasteiger partial charge in [-0.05, 0) is 24.3 Å². The third-order valence-electron chi connectivity index (χ3n) is 4.02. The Morgan fingerprint density at radius 2 is 2.13 bits per heavy atom. The molecule has 23 heavy (non-hydrogen) atoms. The van der Waals surface area contributed by atoms with Crippen molar-refractivity contribution in [1.29, 1.82) is 0 Å². The minimum absolute atomic E-state index is 0.139. The van der Waals surface area contributed by atoms with Gasteiger partial charge in [0.25, 0.3) is 0 Å². The molecule has 1 atom stereocenters. The van der Waals surface area contributed by atoms with Gasteiger partial charge in [0.15, 0.2) is 0 Å². The molecule has 0 saturated carbocycles. The van der Waals surface area contributed by atoms with Gasteiger partial charge in [0.1, 0.15) is 6.61 Å². The van der Waals surface area contributed by atoms with Gasteiger partial charge in [-0.15, -0.1) is 0 Å². The van der Waals surface area contributed by atoms with Crippen LogP contribution in [-0.2, 0) is 16.1 Å². The summed E-state index contributed by atoms with van der Waals surface area (Å²) in [5.74, 6) is 0.108. The monoisotopic (exact) mass is 315 g/mol. The second-order valence-electron chi connectivity index (χ2n) is 5.91. The topological polar surface area (TPSA) is 46.6 Å². The summed E-state index contributed by atoms with van der Waals surface area (Å²) in [5.41, 5.74) is 0.919. The molecule has 0 aliphatic carbocycles. The van der Waals surface area contributed by atoms with E-state index in [1.165, 1.54) is 17.7 Å². The number of rotatable bonds is 6. The normalized spacial score (nSPS) is 18.4. The number of nitrogens with zero attached hydrogens (tertiary/aromatic N) is 1. The first-order valence-electron chi connectivity index (χ1n) is 8.38. The van der Waals surface area contributed by atoms with Gasteiger partial charge in [-0.1, -0.05) is 62.2 Å². The molecule has 4 heteroatoms. The van der Waals surface area contributed by atoms with Crippen molar-refractivity contribution in [3.63, 3.8) is 0 Å². The number of carbonyl (C=O) groups is 2. The summed E-state index contributed by atoms with van der Waals surface area (Å²) in [7, 11) is 0. The Labute approximate surface area is 138 Å². The van der Waals surface area contributed by atoms with Crippen LogP contribution in [0.3, 0.4) is 0 Å². The highest BCUT2D eigenvalue weighted by Crippen LogP contribution is 2.21. The van der Waals surface area contributed by atoms with E-state index in [0.29, 0.717) is 13.0 Å². The molecule has 124 valence electrons.